The van der Waals surface area contributed by atoms with Crippen molar-refractivity contribution in [1.82, 2.24) is 19.3 Å². The van der Waals surface area contributed by atoms with Crippen LogP contribution in [0.3, 0.4) is 0 Å². The fourth-order valence-electron chi connectivity index (χ4n) is 7.33. The largest absolute Gasteiger partial charge is 0.457 e. The Morgan fingerprint density at radius 3 is 2.14 bits per heavy atom. The molecule has 7 rings (SSSR count). The van der Waals surface area contributed by atoms with Gasteiger partial charge in [0, 0.05) is 40.4 Å². The molecule has 0 bridgehead atoms. The average Bonchev–Trinajstić information content (AvgIpc) is 3.59. The molecule has 254 valence electrons. The van der Waals surface area contributed by atoms with Crippen LogP contribution < -0.4 is 4.74 Å². The Bertz CT molecular complexity index is 2340. The maximum atomic E-state index is 6.79. The van der Waals surface area contributed by atoms with Gasteiger partial charge in [-0.25, -0.2) is 9.67 Å². The lowest BCUT2D eigenvalue weighted by atomic mass is 9.86. The lowest BCUT2D eigenvalue weighted by Crippen LogP contribution is -2.12. The van der Waals surface area contributed by atoms with E-state index < -0.39 is 0 Å². The molecule has 0 fully saturated rings. The third-order valence-electron chi connectivity index (χ3n) is 10.1. The van der Waals surface area contributed by atoms with Crippen LogP contribution >= 0.6 is 0 Å². The highest BCUT2D eigenvalue weighted by molar-refractivity contribution is 6.09. The SMILES string of the molecule is CCc1cccc(CC)c1-c1c(C)nn(-c2cc(Oc3ccc4c5ccccc5n(-c5cc(C(C)C)ccn5)c4c3)cc(C(C)(C)C)c2)c1C. The zero-order valence-electron chi connectivity index (χ0n) is 30.9. The minimum atomic E-state index is -0.0965. The van der Waals surface area contributed by atoms with Crippen molar-refractivity contribution in [2.24, 2.45) is 0 Å². The van der Waals surface area contributed by atoms with Gasteiger partial charge in [-0.2, -0.15) is 5.10 Å². The van der Waals surface area contributed by atoms with Crippen LogP contribution in [0.4, 0.5) is 0 Å². The van der Waals surface area contributed by atoms with E-state index in [1.807, 2.05) is 6.20 Å². The summed E-state index contributed by atoms with van der Waals surface area (Å²) in [6, 6.07) is 32.5. The second-order valence-corrected chi connectivity index (χ2v) is 14.8. The minimum Gasteiger partial charge on any atom is -0.457 e. The van der Waals surface area contributed by atoms with Gasteiger partial charge in [-0.15, -0.1) is 0 Å². The monoisotopic (exact) mass is 660 g/mol. The number of benzene rings is 4. The molecule has 5 heteroatoms. The lowest BCUT2D eigenvalue weighted by molar-refractivity contribution is 0.478. The summed E-state index contributed by atoms with van der Waals surface area (Å²) in [6.45, 7) is 20.0. The number of aryl methyl sites for hydroxylation is 3. The first kappa shape index (κ1) is 33.3. The van der Waals surface area contributed by atoms with Crippen molar-refractivity contribution in [3.05, 3.63) is 131 Å². The molecule has 4 aromatic carbocycles. The molecule has 7 aromatic rings. The second kappa shape index (κ2) is 12.9. The predicted molar refractivity (Wildman–Crippen MR) is 209 cm³/mol. The number of fused-ring (bicyclic) bond motifs is 3. The Hall–Kier alpha value is -5.16. The maximum Gasteiger partial charge on any atom is 0.137 e. The molecule has 0 amide bonds. The Balaban J connectivity index is 1.36. The van der Waals surface area contributed by atoms with Gasteiger partial charge in [-0.3, -0.25) is 4.57 Å². The van der Waals surface area contributed by atoms with Gasteiger partial charge in [0.2, 0.25) is 0 Å². The van der Waals surface area contributed by atoms with Crippen molar-refractivity contribution in [3.8, 4) is 34.1 Å². The summed E-state index contributed by atoms with van der Waals surface area (Å²) in [6.07, 6.45) is 3.87. The molecule has 0 atom stereocenters. The van der Waals surface area contributed by atoms with Crippen LogP contribution in [0.5, 0.6) is 11.5 Å². The van der Waals surface area contributed by atoms with Gasteiger partial charge in [0.1, 0.15) is 17.3 Å². The highest BCUT2D eigenvalue weighted by atomic mass is 16.5. The van der Waals surface area contributed by atoms with Crippen LogP contribution in [0, 0.1) is 13.8 Å². The van der Waals surface area contributed by atoms with Gasteiger partial charge in [0.25, 0.3) is 0 Å². The van der Waals surface area contributed by atoms with E-state index in [-0.39, 0.29) is 5.41 Å². The number of nitrogens with zero attached hydrogens (tertiary/aromatic N) is 4. The fourth-order valence-corrected chi connectivity index (χ4v) is 7.33. The third kappa shape index (κ3) is 5.89. The number of pyridine rings is 1. The zero-order valence-corrected chi connectivity index (χ0v) is 30.9. The van der Waals surface area contributed by atoms with E-state index in [1.54, 1.807) is 0 Å². The van der Waals surface area contributed by atoms with Crippen LogP contribution in [0.25, 0.3) is 44.4 Å². The number of para-hydroxylation sites is 1. The molecule has 3 aromatic heterocycles. The highest BCUT2D eigenvalue weighted by Crippen LogP contribution is 2.39. The molecule has 0 saturated carbocycles. The van der Waals surface area contributed by atoms with E-state index in [9.17, 15) is 0 Å². The summed E-state index contributed by atoms with van der Waals surface area (Å²) in [4.78, 5) is 4.84. The van der Waals surface area contributed by atoms with Crippen LogP contribution in [-0.2, 0) is 18.3 Å². The van der Waals surface area contributed by atoms with E-state index >= 15 is 0 Å². The van der Waals surface area contributed by atoms with Gasteiger partial charge in [-0.05, 0) is 108 Å². The Morgan fingerprint density at radius 1 is 0.720 bits per heavy atom. The number of hydrogen-bond donors (Lipinski definition) is 0. The van der Waals surface area contributed by atoms with E-state index in [4.69, 9.17) is 14.8 Å². The summed E-state index contributed by atoms with van der Waals surface area (Å²) in [5.74, 6) is 2.87. The number of hydrogen-bond acceptors (Lipinski definition) is 3. The van der Waals surface area contributed by atoms with Gasteiger partial charge < -0.3 is 4.74 Å². The molecule has 50 heavy (non-hydrogen) atoms. The van der Waals surface area contributed by atoms with Crippen molar-refractivity contribution in [1.29, 1.82) is 0 Å². The van der Waals surface area contributed by atoms with Crippen LogP contribution in [-0.4, -0.2) is 19.3 Å². The second-order valence-electron chi connectivity index (χ2n) is 14.8. The van der Waals surface area contributed by atoms with Crippen molar-refractivity contribution >= 4 is 21.8 Å². The fraction of sp³-hybridized carbons (Fsp3) is 0.289. The molecule has 0 unspecified atom stereocenters. The lowest BCUT2D eigenvalue weighted by Gasteiger charge is -2.22. The summed E-state index contributed by atoms with van der Waals surface area (Å²) in [5.41, 5.74) is 13.0. The Kier molecular flexibility index (Phi) is 8.63. The molecule has 0 aliphatic heterocycles. The van der Waals surface area contributed by atoms with Gasteiger partial charge in [-0.1, -0.05) is 84.9 Å². The van der Waals surface area contributed by atoms with Gasteiger partial charge in [0.15, 0.2) is 0 Å². The number of aromatic nitrogens is 4. The summed E-state index contributed by atoms with van der Waals surface area (Å²) < 4.78 is 11.2. The molecular formula is C45H48N4O. The first-order chi connectivity index (χ1) is 24.0. The van der Waals surface area contributed by atoms with Crippen LogP contribution in [0.15, 0.2) is 97.2 Å². The van der Waals surface area contributed by atoms with E-state index in [1.165, 1.54) is 44.2 Å². The van der Waals surface area contributed by atoms with E-state index in [2.05, 4.69) is 163 Å². The topological polar surface area (TPSA) is 44.9 Å². The first-order valence-electron chi connectivity index (χ1n) is 18.0. The molecular weight excluding hydrogens is 613 g/mol. The summed E-state index contributed by atoms with van der Waals surface area (Å²) in [7, 11) is 0. The normalized spacial score (nSPS) is 12.0. The molecule has 0 spiro atoms. The van der Waals surface area contributed by atoms with Crippen molar-refractivity contribution in [3.63, 3.8) is 0 Å². The quantitative estimate of drug-likeness (QED) is 0.163. The van der Waals surface area contributed by atoms with E-state index in [0.29, 0.717) is 5.92 Å². The standard InChI is InChI=1S/C45H48N4O/c1-10-31-15-14-16-32(11-2)44(31)43-29(5)47-49(30(43)6)35-24-34(45(7,8)9)25-37(26-35)50-36-19-20-39-38-17-12-13-18-40(38)48(41(39)27-36)42-23-33(28(3)4)21-22-46-42/h12-28H,10-11H2,1-9H3. The zero-order chi connectivity index (χ0) is 35.3. The summed E-state index contributed by atoms with van der Waals surface area (Å²) >= 11 is 0. The maximum absolute atomic E-state index is 6.79. The molecule has 0 radical (unpaired) electrons. The smallest absolute Gasteiger partial charge is 0.137 e. The first-order valence-corrected chi connectivity index (χ1v) is 18.0. The number of rotatable bonds is 8. The molecule has 0 N–H and O–H groups in total. The minimum absolute atomic E-state index is 0.0965. The van der Waals surface area contributed by atoms with Crippen molar-refractivity contribution in [2.45, 2.75) is 86.5 Å². The Labute approximate surface area is 296 Å². The van der Waals surface area contributed by atoms with E-state index in [0.717, 1.165) is 58.3 Å². The van der Waals surface area contributed by atoms with Crippen LogP contribution in [0.1, 0.15) is 88.0 Å². The number of ether oxygens (including phenoxy) is 1. The van der Waals surface area contributed by atoms with Crippen molar-refractivity contribution < 1.29 is 4.74 Å². The Morgan fingerprint density at radius 2 is 1.44 bits per heavy atom. The molecule has 0 saturated heterocycles. The molecule has 0 aliphatic rings. The van der Waals surface area contributed by atoms with Crippen molar-refractivity contribution in [2.75, 3.05) is 0 Å². The average molecular weight is 661 g/mol. The predicted octanol–water partition coefficient (Wildman–Crippen LogP) is 12.0. The summed E-state index contributed by atoms with van der Waals surface area (Å²) in [5, 5.41) is 7.52. The molecule has 0 aliphatic carbocycles. The molecule has 3 heterocycles. The van der Waals surface area contributed by atoms with Crippen LogP contribution in [0.2, 0.25) is 0 Å². The highest BCUT2D eigenvalue weighted by Gasteiger charge is 2.23. The third-order valence-corrected chi connectivity index (χ3v) is 10.1. The molecule has 5 nitrogen and oxygen atoms in total. The van der Waals surface area contributed by atoms with Gasteiger partial charge >= 0.3 is 0 Å². The van der Waals surface area contributed by atoms with Gasteiger partial charge in [0.05, 0.1) is 22.4 Å².